The number of halogens is 7. The van der Waals surface area contributed by atoms with Crippen LogP contribution in [-0.2, 0) is 0 Å². The van der Waals surface area contributed by atoms with Crippen LogP contribution >= 0.6 is 0 Å². The Labute approximate surface area is 108 Å². The lowest BCUT2D eigenvalue weighted by Gasteiger charge is -2.19. The Morgan fingerprint density at radius 2 is 1.75 bits per heavy atom. The number of nitrogens with one attached hydrogen (secondary N) is 1. The van der Waals surface area contributed by atoms with E-state index in [1.54, 1.807) is 6.92 Å². The van der Waals surface area contributed by atoms with Gasteiger partial charge < -0.3 is 10.1 Å². The van der Waals surface area contributed by atoms with Gasteiger partial charge in [-0.3, -0.25) is 0 Å². The predicted molar refractivity (Wildman–Crippen MR) is 54.8 cm³/mol. The molecule has 0 aromatic carbocycles. The topological polar surface area (TPSA) is 34.2 Å². The molecule has 0 aliphatic carbocycles. The zero-order valence-corrected chi connectivity index (χ0v) is 9.99. The monoisotopic (exact) mass is 306 g/mol. The summed E-state index contributed by atoms with van der Waals surface area (Å²) >= 11 is 0. The second-order valence-electron chi connectivity index (χ2n) is 3.63. The number of pyridine rings is 1. The van der Waals surface area contributed by atoms with E-state index in [-0.39, 0.29) is 12.6 Å². The zero-order valence-electron chi connectivity index (χ0n) is 9.99. The highest BCUT2D eigenvalue weighted by Gasteiger charge is 2.58. The van der Waals surface area contributed by atoms with Crippen LogP contribution in [-0.4, -0.2) is 30.2 Å². The first-order valence-electron chi connectivity index (χ1n) is 5.25. The van der Waals surface area contributed by atoms with E-state index in [0.29, 0.717) is 0 Å². The maximum absolute atomic E-state index is 13.2. The molecule has 0 unspecified atom stereocenters. The molecular weight excluding hydrogens is 297 g/mol. The fourth-order valence-corrected chi connectivity index (χ4v) is 1.08. The molecule has 0 fully saturated rings. The van der Waals surface area contributed by atoms with Crippen molar-refractivity contribution in [3.63, 3.8) is 0 Å². The van der Waals surface area contributed by atoms with Crippen molar-refractivity contribution in [2.24, 2.45) is 0 Å². The summed E-state index contributed by atoms with van der Waals surface area (Å²) in [7, 11) is 0. The van der Waals surface area contributed by atoms with Crippen molar-refractivity contribution in [1.82, 2.24) is 4.98 Å². The number of alkyl halides is 5. The van der Waals surface area contributed by atoms with Crippen molar-refractivity contribution in [2.45, 2.75) is 19.0 Å². The van der Waals surface area contributed by atoms with Crippen LogP contribution in [0.25, 0.3) is 0 Å². The molecule has 20 heavy (non-hydrogen) atoms. The Bertz CT molecular complexity index is 475. The van der Waals surface area contributed by atoms with E-state index in [4.69, 9.17) is 0 Å². The summed E-state index contributed by atoms with van der Waals surface area (Å²) in [4.78, 5) is 3.16. The molecule has 10 heteroatoms. The van der Waals surface area contributed by atoms with Gasteiger partial charge in [-0.05, 0) is 6.92 Å². The van der Waals surface area contributed by atoms with Gasteiger partial charge in [0.05, 0.1) is 0 Å². The second kappa shape index (κ2) is 5.71. The van der Waals surface area contributed by atoms with Gasteiger partial charge in [-0.1, -0.05) is 0 Å². The third kappa shape index (κ3) is 3.64. The molecule has 1 aromatic heterocycles. The SMILES string of the molecule is CCNc1nc(OCC(F)(F)C(F)(F)F)c(F)cc1F. The van der Waals surface area contributed by atoms with Gasteiger partial charge >= 0.3 is 12.1 Å². The number of hydrogen-bond acceptors (Lipinski definition) is 3. The molecule has 0 saturated heterocycles. The third-order valence-electron chi connectivity index (χ3n) is 2.05. The summed E-state index contributed by atoms with van der Waals surface area (Å²) in [5.41, 5.74) is 0. The first-order valence-corrected chi connectivity index (χ1v) is 5.25. The van der Waals surface area contributed by atoms with Gasteiger partial charge in [0.1, 0.15) is 0 Å². The minimum absolute atomic E-state index is 0.174. The normalized spacial score (nSPS) is 12.4. The van der Waals surface area contributed by atoms with E-state index in [1.165, 1.54) is 0 Å². The second-order valence-corrected chi connectivity index (χ2v) is 3.63. The van der Waals surface area contributed by atoms with Crippen LogP contribution in [0.3, 0.4) is 0 Å². The van der Waals surface area contributed by atoms with E-state index in [9.17, 15) is 30.7 Å². The molecule has 0 aliphatic heterocycles. The Morgan fingerprint density at radius 3 is 2.25 bits per heavy atom. The van der Waals surface area contributed by atoms with Crippen molar-refractivity contribution in [1.29, 1.82) is 0 Å². The molecule has 0 atom stereocenters. The molecule has 114 valence electrons. The molecule has 1 aromatic rings. The predicted octanol–water partition coefficient (Wildman–Crippen LogP) is 3.37. The van der Waals surface area contributed by atoms with E-state index in [1.807, 2.05) is 0 Å². The van der Waals surface area contributed by atoms with E-state index >= 15 is 0 Å². The standard InChI is InChI=1S/C10H9F7N2O/c1-2-18-7-5(11)3-6(12)8(19-7)20-4-9(13,14)10(15,16)17/h3H,2,4H2,1H3,(H,18,19). The van der Waals surface area contributed by atoms with Crippen LogP contribution in [0.4, 0.5) is 36.6 Å². The van der Waals surface area contributed by atoms with Crippen molar-refractivity contribution in [3.8, 4) is 5.88 Å². The molecule has 0 spiro atoms. The van der Waals surface area contributed by atoms with Crippen LogP contribution in [0.15, 0.2) is 6.07 Å². The number of nitrogens with zero attached hydrogens (tertiary/aromatic N) is 1. The van der Waals surface area contributed by atoms with Crippen molar-refractivity contribution in [2.75, 3.05) is 18.5 Å². The lowest BCUT2D eigenvalue weighted by atomic mass is 10.3. The zero-order chi connectivity index (χ0) is 15.6. The van der Waals surface area contributed by atoms with Crippen LogP contribution in [0.5, 0.6) is 5.88 Å². The first kappa shape index (κ1) is 16.3. The summed E-state index contributed by atoms with van der Waals surface area (Å²) in [6.07, 6.45) is -5.84. The molecule has 0 radical (unpaired) electrons. The molecule has 1 rings (SSSR count). The van der Waals surface area contributed by atoms with Crippen LogP contribution in [0.2, 0.25) is 0 Å². The van der Waals surface area contributed by atoms with Gasteiger partial charge in [0, 0.05) is 12.6 Å². The molecule has 1 heterocycles. The van der Waals surface area contributed by atoms with E-state index in [2.05, 4.69) is 15.0 Å². The van der Waals surface area contributed by atoms with Crippen molar-refractivity contribution < 1.29 is 35.5 Å². The lowest BCUT2D eigenvalue weighted by Crippen LogP contribution is -2.42. The van der Waals surface area contributed by atoms with Gasteiger partial charge in [-0.2, -0.15) is 26.9 Å². The first-order chi connectivity index (χ1) is 9.08. The van der Waals surface area contributed by atoms with Crippen LogP contribution < -0.4 is 10.1 Å². The lowest BCUT2D eigenvalue weighted by molar-refractivity contribution is -0.290. The number of rotatable bonds is 5. The number of aromatic nitrogens is 1. The molecular formula is C10H9F7N2O. The van der Waals surface area contributed by atoms with E-state index < -0.39 is 42.0 Å². The highest BCUT2D eigenvalue weighted by Crippen LogP contribution is 2.36. The molecule has 0 aliphatic rings. The molecule has 3 nitrogen and oxygen atoms in total. The van der Waals surface area contributed by atoms with Crippen LogP contribution in [0, 0.1) is 11.6 Å². The minimum Gasteiger partial charge on any atom is -0.469 e. The largest absolute Gasteiger partial charge is 0.469 e. The fourth-order valence-electron chi connectivity index (χ4n) is 1.08. The van der Waals surface area contributed by atoms with E-state index in [0.717, 1.165) is 0 Å². The molecule has 0 bridgehead atoms. The summed E-state index contributed by atoms with van der Waals surface area (Å²) in [6.45, 7) is -0.436. The average molecular weight is 306 g/mol. The summed E-state index contributed by atoms with van der Waals surface area (Å²) in [5.74, 6) is -9.44. The summed E-state index contributed by atoms with van der Waals surface area (Å²) < 4.78 is 91.1. The highest BCUT2D eigenvalue weighted by atomic mass is 19.4. The van der Waals surface area contributed by atoms with Gasteiger partial charge in [-0.15, -0.1) is 0 Å². The Morgan fingerprint density at radius 1 is 1.15 bits per heavy atom. The minimum atomic E-state index is -5.84. The number of ether oxygens (including phenoxy) is 1. The Balaban J connectivity index is 2.90. The van der Waals surface area contributed by atoms with Gasteiger partial charge in [-0.25, -0.2) is 8.78 Å². The van der Waals surface area contributed by atoms with Crippen LogP contribution in [0.1, 0.15) is 6.92 Å². The Kier molecular flexibility index (Phi) is 4.66. The van der Waals surface area contributed by atoms with Gasteiger partial charge in [0.15, 0.2) is 24.1 Å². The van der Waals surface area contributed by atoms with Gasteiger partial charge in [0.25, 0.3) is 5.88 Å². The molecule has 1 N–H and O–H groups in total. The summed E-state index contributed by atoms with van der Waals surface area (Å²) in [5, 5.41) is 2.33. The fraction of sp³-hybridized carbons (Fsp3) is 0.500. The highest BCUT2D eigenvalue weighted by molar-refractivity contribution is 5.39. The molecule has 0 saturated carbocycles. The average Bonchev–Trinajstić information content (AvgIpc) is 2.30. The summed E-state index contributed by atoms with van der Waals surface area (Å²) in [6, 6.07) is 0.270. The van der Waals surface area contributed by atoms with Gasteiger partial charge in [0.2, 0.25) is 0 Å². The Hall–Kier alpha value is -1.74. The smallest absolute Gasteiger partial charge is 0.456 e. The number of hydrogen-bond donors (Lipinski definition) is 1. The quantitative estimate of drug-likeness (QED) is 0.847. The van der Waals surface area contributed by atoms with Crippen molar-refractivity contribution in [3.05, 3.63) is 17.7 Å². The van der Waals surface area contributed by atoms with Crippen molar-refractivity contribution >= 4 is 5.82 Å². The molecule has 0 amide bonds. The maximum atomic E-state index is 13.2. The maximum Gasteiger partial charge on any atom is 0.456 e. The number of anilines is 1. The third-order valence-corrected chi connectivity index (χ3v) is 2.05.